The van der Waals surface area contributed by atoms with Gasteiger partial charge in [0.25, 0.3) is 0 Å². The summed E-state index contributed by atoms with van der Waals surface area (Å²) in [4.78, 5) is 16.3. The Labute approximate surface area is 153 Å². The van der Waals surface area contributed by atoms with Crippen LogP contribution in [0.15, 0.2) is 53.2 Å². The van der Waals surface area contributed by atoms with E-state index < -0.39 is 5.97 Å². The number of cyclic esters (lactones) is 1. The fourth-order valence-electron chi connectivity index (χ4n) is 2.15. The molecule has 1 heterocycles. The maximum Gasteiger partial charge on any atom is 0.363 e. The quantitative estimate of drug-likeness (QED) is 0.594. The molecule has 5 nitrogen and oxygen atoms in total. The molecule has 124 valence electrons. The molecule has 3 rings (SSSR count). The summed E-state index contributed by atoms with van der Waals surface area (Å²) in [6, 6.07) is 13.7. The van der Waals surface area contributed by atoms with Crippen LogP contribution < -0.4 is 4.74 Å². The molecule has 0 unspecified atom stereocenters. The highest BCUT2D eigenvalue weighted by atomic mass is 35.5. The number of carbonyl (C=O) groups is 1. The van der Waals surface area contributed by atoms with Crippen molar-refractivity contribution in [3.63, 3.8) is 0 Å². The van der Waals surface area contributed by atoms with Gasteiger partial charge >= 0.3 is 5.97 Å². The number of nitrogens with zero attached hydrogens (tertiary/aromatic N) is 2. The van der Waals surface area contributed by atoms with Crippen LogP contribution in [-0.2, 0) is 9.53 Å². The van der Waals surface area contributed by atoms with Crippen LogP contribution in [0.25, 0.3) is 6.08 Å². The second-order valence-corrected chi connectivity index (χ2v) is 5.82. The number of hydrogen-bond acceptors (Lipinski definition) is 5. The van der Waals surface area contributed by atoms with Gasteiger partial charge in [0.2, 0.25) is 5.90 Å². The van der Waals surface area contributed by atoms with Gasteiger partial charge in [-0.3, -0.25) is 0 Å². The monoisotopic (exact) mass is 372 g/mol. The van der Waals surface area contributed by atoms with E-state index in [9.17, 15) is 4.79 Å². The Morgan fingerprint density at radius 1 is 1.24 bits per heavy atom. The van der Waals surface area contributed by atoms with Gasteiger partial charge < -0.3 is 9.47 Å². The maximum absolute atomic E-state index is 12.0. The molecule has 7 heteroatoms. The van der Waals surface area contributed by atoms with Crippen LogP contribution in [0.5, 0.6) is 5.75 Å². The predicted octanol–water partition coefficient (Wildman–Crippen LogP) is 4.24. The molecule has 0 aromatic heterocycles. The molecule has 1 aliphatic rings. The van der Waals surface area contributed by atoms with Crippen molar-refractivity contribution in [2.24, 2.45) is 4.99 Å². The number of halogens is 2. The van der Waals surface area contributed by atoms with Crippen LogP contribution in [0.1, 0.15) is 11.1 Å². The smallest absolute Gasteiger partial charge is 0.363 e. The minimum atomic E-state index is -0.579. The van der Waals surface area contributed by atoms with Crippen molar-refractivity contribution in [3.8, 4) is 11.8 Å². The zero-order valence-corrected chi connectivity index (χ0v) is 14.2. The zero-order valence-electron chi connectivity index (χ0n) is 12.7. The Morgan fingerprint density at radius 2 is 2.08 bits per heavy atom. The molecule has 2 aromatic carbocycles. The number of benzene rings is 2. The average molecular weight is 373 g/mol. The van der Waals surface area contributed by atoms with Gasteiger partial charge in [0, 0.05) is 5.02 Å². The van der Waals surface area contributed by atoms with E-state index in [4.69, 9.17) is 37.9 Å². The minimum absolute atomic E-state index is 0.0561. The number of esters is 1. The fourth-order valence-corrected chi connectivity index (χ4v) is 2.64. The van der Waals surface area contributed by atoms with E-state index in [2.05, 4.69) is 4.99 Å². The molecule has 1 aliphatic heterocycles. The SMILES string of the molecule is N#CCOc1cccc(/C=C2/N=C(c3ccc(Cl)cc3Cl)OC2=O)c1. The topological polar surface area (TPSA) is 71.7 Å². The molecular formula is C18H10Cl2N2O3. The summed E-state index contributed by atoms with van der Waals surface area (Å²) in [5, 5.41) is 9.37. The molecule has 0 fully saturated rings. The summed E-state index contributed by atoms with van der Waals surface area (Å²) in [5.74, 6) is 0.0615. The summed E-state index contributed by atoms with van der Waals surface area (Å²) in [5.41, 5.74) is 1.31. The Morgan fingerprint density at radius 3 is 2.84 bits per heavy atom. The third kappa shape index (κ3) is 4.00. The number of ether oxygens (including phenoxy) is 2. The normalized spacial score (nSPS) is 14.8. The predicted molar refractivity (Wildman–Crippen MR) is 94.6 cm³/mol. The van der Waals surface area contributed by atoms with Crippen molar-refractivity contribution in [1.82, 2.24) is 0 Å². The van der Waals surface area contributed by atoms with Crippen molar-refractivity contribution in [1.29, 1.82) is 5.26 Å². The van der Waals surface area contributed by atoms with Crippen molar-refractivity contribution < 1.29 is 14.3 Å². The molecule has 0 N–H and O–H groups in total. The van der Waals surface area contributed by atoms with Gasteiger partial charge in [-0.1, -0.05) is 35.3 Å². The van der Waals surface area contributed by atoms with E-state index in [0.717, 1.165) is 0 Å². The van der Waals surface area contributed by atoms with Gasteiger partial charge in [0.15, 0.2) is 12.3 Å². The fraction of sp³-hybridized carbons (Fsp3) is 0.0556. The Bertz CT molecular complexity index is 946. The van der Waals surface area contributed by atoms with E-state index in [1.165, 1.54) is 0 Å². The molecule has 0 aliphatic carbocycles. The average Bonchev–Trinajstić information content (AvgIpc) is 2.93. The molecule has 2 aromatic rings. The van der Waals surface area contributed by atoms with Gasteiger partial charge in [0.05, 0.1) is 10.6 Å². The summed E-state index contributed by atoms with van der Waals surface area (Å²) >= 11 is 12.0. The van der Waals surface area contributed by atoms with Gasteiger partial charge in [-0.15, -0.1) is 0 Å². The standard InChI is InChI=1S/C18H10Cl2N2O3/c19-12-4-5-14(15(20)10-12)17-22-16(18(23)25-17)9-11-2-1-3-13(8-11)24-7-6-21/h1-5,8-10H,7H2/b16-9+. The highest BCUT2D eigenvalue weighted by Crippen LogP contribution is 2.26. The van der Waals surface area contributed by atoms with Crippen LogP contribution in [0.4, 0.5) is 0 Å². The van der Waals surface area contributed by atoms with E-state index in [0.29, 0.717) is 26.9 Å². The zero-order chi connectivity index (χ0) is 17.8. The lowest BCUT2D eigenvalue weighted by atomic mass is 10.2. The number of hydrogen-bond donors (Lipinski definition) is 0. The van der Waals surface area contributed by atoms with Crippen molar-refractivity contribution in [3.05, 3.63) is 69.3 Å². The summed E-state index contributed by atoms with van der Waals surface area (Å²) in [6.07, 6.45) is 1.57. The second-order valence-electron chi connectivity index (χ2n) is 4.98. The number of carbonyl (C=O) groups excluding carboxylic acids is 1. The van der Waals surface area contributed by atoms with Gasteiger partial charge in [0.1, 0.15) is 11.8 Å². The van der Waals surface area contributed by atoms with E-state index >= 15 is 0 Å². The van der Waals surface area contributed by atoms with Crippen molar-refractivity contribution >= 4 is 41.1 Å². The van der Waals surface area contributed by atoms with Crippen LogP contribution in [0.2, 0.25) is 10.0 Å². The molecule has 25 heavy (non-hydrogen) atoms. The minimum Gasteiger partial charge on any atom is -0.479 e. The molecule has 0 saturated heterocycles. The van der Waals surface area contributed by atoms with E-state index in [-0.39, 0.29) is 18.2 Å². The number of nitriles is 1. The lowest BCUT2D eigenvalue weighted by molar-refractivity contribution is -0.129. The van der Waals surface area contributed by atoms with Crippen molar-refractivity contribution in [2.75, 3.05) is 6.61 Å². The van der Waals surface area contributed by atoms with Crippen LogP contribution >= 0.6 is 23.2 Å². The third-order valence-corrected chi connectivity index (χ3v) is 3.79. The lowest BCUT2D eigenvalue weighted by Crippen LogP contribution is -2.05. The summed E-state index contributed by atoms with van der Waals surface area (Å²) in [6.45, 7) is -0.0561. The van der Waals surface area contributed by atoms with Crippen LogP contribution in [0.3, 0.4) is 0 Å². The highest BCUT2D eigenvalue weighted by Gasteiger charge is 2.25. The number of rotatable bonds is 4. The Balaban J connectivity index is 1.90. The van der Waals surface area contributed by atoms with Gasteiger partial charge in [-0.25, -0.2) is 9.79 Å². The first kappa shape index (κ1) is 17.0. The molecule has 0 atom stereocenters. The van der Waals surface area contributed by atoms with Gasteiger partial charge in [-0.05, 0) is 42.0 Å². The molecule has 0 spiro atoms. The summed E-state index contributed by atoms with van der Waals surface area (Å²) < 4.78 is 10.4. The molecule has 0 bridgehead atoms. The third-order valence-electron chi connectivity index (χ3n) is 3.25. The number of aliphatic imine (C=N–C) groups is 1. The second kappa shape index (κ2) is 7.39. The first-order valence-electron chi connectivity index (χ1n) is 7.14. The maximum atomic E-state index is 12.0. The highest BCUT2D eigenvalue weighted by molar-refractivity contribution is 6.37. The first-order chi connectivity index (χ1) is 12.1. The summed E-state index contributed by atoms with van der Waals surface area (Å²) in [7, 11) is 0. The molecule has 0 amide bonds. The molecule has 0 saturated carbocycles. The largest absolute Gasteiger partial charge is 0.479 e. The molecule has 0 radical (unpaired) electrons. The Hall–Kier alpha value is -2.81. The van der Waals surface area contributed by atoms with Crippen LogP contribution in [-0.4, -0.2) is 18.5 Å². The van der Waals surface area contributed by atoms with E-state index in [1.807, 2.05) is 6.07 Å². The van der Waals surface area contributed by atoms with E-state index in [1.54, 1.807) is 48.5 Å². The first-order valence-corrected chi connectivity index (χ1v) is 7.90. The Kier molecular flexibility index (Phi) is 5.03. The van der Waals surface area contributed by atoms with Crippen LogP contribution in [0, 0.1) is 11.3 Å². The molecular weight excluding hydrogens is 363 g/mol. The van der Waals surface area contributed by atoms with Gasteiger partial charge in [-0.2, -0.15) is 5.26 Å². The lowest BCUT2D eigenvalue weighted by Gasteiger charge is -2.02. The van der Waals surface area contributed by atoms with Crippen molar-refractivity contribution in [2.45, 2.75) is 0 Å².